The van der Waals surface area contributed by atoms with E-state index in [9.17, 15) is 9.59 Å². The number of anilines is 2. The molecule has 1 heterocycles. The van der Waals surface area contributed by atoms with Gasteiger partial charge in [0.1, 0.15) is 11.8 Å². The normalized spacial score (nSPS) is 15.3. The molecule has 1 aliphatic heterocycles. The molecule has 1 unspecified atom stereocenters. The summed E-state index contributed by atoms with van der Waals surface area (Å²) in [6.07, 6.45) is 0. The molecule has 2 N–H and O–H groups in total. The molecule has 0 spiro atoms. The molecule has 7 heteroatoms. The van der Waals surface area contributed by atoms with Gasteiger partial charge in [-0.1, -0.05) is 32.0 Å². The van der Waals surface area contributed by atoms with Gasteiger partial charge in [0.2, 0.25) is 5.91 Å². The Morgan fingerprint density at radius 1 is 1.03 bits per heavy atom. The van der Waals surface area contributed by atoms with E-state index in [4.69, 9.17) is 4.74 Å². The van der Waals surface area contributed by atoms with E-state index < -0.39 is 6.04 Å². The maximum atomic E-state index is 12.9. The Labute approximate surface area is 190 Å². The van der Waals surface area contributed by atoms with Gasteiger partial charge in [-0.25, -0.2) is 0 Å². The summed E-state index contributed by atoms with van der Waals surface area (Å²) in [7, 11) is 2.14. The highest BCUT2D eigenvalue weighted by Crippen LogP contribution is 2.25. The van der Waals surface area contributed by atoms with E-state index in [1.807, 2.05) is 44.2 Å². The van der Waals surface area contributed by atoms with Crippen molar-refractivity contribution in [3.8, 4) is 5.75 Å². The summed E-state index contributed by atoms with van der Waals surface area (Å²) in [5.74, 6) is -0.0189. The molecule has 172 valence electrons. The summed E-state index contributed by atoms with van der Waals surface area (Å²) in [6.45, 7) is 9.81. The molecule has 32 heavy (non-hydrogen) atoms. The van der Waals surface area contributed by atoms with Crippen LogP contribution in [0.2, 0.25) is 0 Å². The van der Waals surface area contributed by atoms with Gasteiger partial charge < -0.3 is 25.2 Å². The average Bonchev–Trinajstić information content (AvgIpc) is 2.77. The van der Waals surface area contributed by atoms with Gasteiger partial charge in [0.15, 0.2) is 6.61 Å². The van der Waals surface area contributed by atoms with E-state index in [1.165, 1.54) is 5.69 Å². The lowest BCUT2D eigenvalue weighted by Gasteiger charge is -2.35. The fourth-order valence-electron chi connectivity index (χ4n) is 3.77. The summed E-state index contributed by atoms with van der Waals surface area (Å²) in [5, 5.41) is 5.76. The third-order valence-electron chi connectivity index (χ3n) is 5.69. The van der Waals surface area contributed by atoms with Crippen molar-refractivity contribution in [2.24, 2.45) is 5.92 Å². The summed E-state index contributed by atoms with van der Waals surface area (Å²) in [4.78, 5) is 30.0. The molecule has 2 aromatic carbocycles. The minimum atomic E-state index is -0.653. The second-order valence-electron chi connectivity index (χ2n) is 8.67. The van der Waals surface area contributed by atoms with Crippen molar-refractivity contribution in [2.45, 2.75) is 26.8 Å². The van der Waals surface area contributed by atoms with Gasteiger partial charge in [-0.05, 0) is 55.8 Å². The van der Waals surface area contributed by atoms with Crippen LogP contribution in [-0.4, -0.2) is 62.6 Å². The van der Waals surface area contributed by atoms with Crippen LogP contribution in [0.3, 0.4) is 0 Å². The Morgan fingerprint density at radius 2 is 1.72 bits per heavy atom. The third-order valence-corrected chi connectivity index (χ3v) is 5.69. The Kier molecular flexibility index (Phi) is 8.11. The van der Waals surface area contributed by atoms with Crippen molar-refractivity contribution in [1.29, 1.82) is 0 Å². The van der Waals surface area contributed by atoms with Crippen LogP contribution in [0.15, 0.2) is 48.5 Å². The van der Waals surface area contributed by atoms with E-state index in [0.29, 0.717) is 5.75 Å². The molecule has 0 aliphatic carbocycles. The highest BCUT2D eigenvalue weighted by molar-refractivity contribution is 5.97. The Hall–Kier alpha value is -3.06. The van der Waals surface area contributed by atoms with Gasteiger partial charge in [-0.2, -0.15) is 0 Å². The van der Waals surface area contributed by atoms with E-state index >= 15 is 0 Å². The SMILES string of the molecule is Cc1cc(NC(=O)C(NC(=O)COc2ccccc2)C(C)C)ccc1N1CCN(C)CC1. The first-order chi connectivity index (χ1) is 15.3. The number of piperazine rings is 1. The van der Waals surface area contributed by atoms with Gasteiger partial charge in [0, 0.05) is 37.6 Å². The largest absolute Gasteiger partial charge is 0.484 e. The molecule has 0 aromatic heterocycles. The average molecular weight is 439 g/mol. The van der Waals surface area contributed by atoms with Crippen molar-refractivity contribution in [3.05, 3.63) is 54.1 Å². The first kappa shape index (κ1) is 23.6. The Morgan fingerprint density at radius 3 is 2.34 bits per heavy atom. The second-order valence-corrected chi connectivity index (χ2v) is 8.67. The molecule has 1 saturated heterocycles. The van der Waals surface area contributed by atoms with Crippen LogP contribution in [0.5, 0.6) is 5.75 Å². The number of aryl methyl sites for hydroxylation is 1. The van der Waals surface area contributed by atoms with Gasteiger partial charge in [-0.15, -0.1) is 0 Å². The quantitative estimate of drug-likeness (QED) is 0.663. The molecule has 0 saturated carbocycles. The molecular weight excluding hydrogens is 404 g/mol. The second kappa shape index (κ2) is 11.0. The highest BCUT2D eigenvalue weighted by Gasteiger charge is 2.25. The fraction of sp³-hybridized carbons (Fsp3) is 0.440. The van der Waals surface area contributed by atoms with Crippen molar-refractivity contribution in [3.63, 3.8) is 0 Å². The zero-order chi connectivity index (χ0) is 23.1. The zero-order valence-electron chi connectivity index (χ0n) is 19.4. The molecule has 0 bridgehead atoms. The number of para-hydroxylation sites is 1. The van der Waals surface area contributed by atoms with Gasteiger partial charge >= 0.3 is 0 Å². The maximum absolute atomic E-state index is 12.9. The summed E-state index contributed by atoms with van der Waals surface area (Å²) in [5.41, 5.74) is 3.04. The molecule has 1 aliphatic rings. The van der Waals surface area contributed by atoms with E-state index in [-0.39, 0.29) is 24.3 Å². The number of rotatable bonds is 8. The lowest BCUT2D eigenvalue weighted by molar-refractivity contribution is -0.128. The van der Waals surface area contributed by atoms with Crippen LogP contribution in [0.1, 0.15) is 19.4 Å². The predicted molar refractivity (Wildman–Crippen MR) is 128 cm³/mol. The smallest absolute Gasteiger partial charge is 0.258 e. The number of hydrogen-bond acceptors (Lipinski definition) is 5. The lowest BCUT2D eigenvalue weighted by atomic mass is 10.0. The number of nitrogens with one attached hydrogen (secondary N) is 2. The predicted octanol–water partition coefficient (Wildman–Crippen LogP) is 2.91. The maximum Gasteiger partial charge on any atom is 0.258 e. The number of ether oxygens (including phenoxy) is 1. The molecule has 1 fully saturated rings. The van der Waals surface area contributed by atoms with Crippen LogP contribution in [-0.2, 0) is 9.59 Å². The molecule has 3 rings (SSSR count). The van der Waals surface area contributed by atoms with E-state index in [2.05, 4.69) is 40.5 Å². The number of nitrogens with zero attached hydrogens (tertiary/aromatic N) is 2. The fourth-order valence-corrected chi connectivity index (χ4v) is 3.77. The van der Waals surface area contributed by atoms with Crippen LogP contribution >= 0.6 is 0 Å². The van der Waals surface area contributed by atoms with Crippen molar-refractivity contribution >= 4 is 23.2 Å². The highest BCUT2D eigenvalue weighted by atomic mass is 16.5. The molecule has 2 amide bonds. The van der Waals surface area contributed by atoms with Crippen LogP contribution in [0.4, 0.5) is 11.4 Å². The number of benzene rings is 2. The number of amides is 2. The number of likely N-dealkylation sites (N-methyl/N-ethyl adjacent to an activating group) is 1. The third kappa shape index (κ3) is 6.47. The van der Waals surface area contributed by atoms with Crippen LogP contribution < -0.4 is 20.3 Å². The van der Waals surface area contributed by atoms with Gasteiger partial charge in [-0.3, -0.25) is 9.59 Å². The summed E-state index contributed by atoms with van der Waals surface area (Å²) in [6, 6.07) is 14.5. The summed E-state index contributed by atoms with van der Waals surface area (Å²) < 4.78 is 5.49. The minimum absolute atomic E-state index is 0.0682. The monoisotopic (exact) mass is 438 g/mol. The van der Waals surface area contributed by atoms with Crippen LogP contribution in [0, 0.1) is 12.8 Å². The first-order valence-electron chi connectivity index (χ1n) is 11.2. The van der Waals surface area contributed by atoms with Crippen molar-refractivity contribution in [2.75, 3.05) is 50.1 Å². The molecule has 0 radical (unpaired) electrons. The van der Waals surface area contributed by atoms with E-state index in [1.54, 1.807) is 12.1 Å². The zero-order valence-corrected chi connectivity index (χ0v) is 19.4. The molecule has 2 aromatic rings. The summed E-state index contributed by atoms with van der Waals surface area (Å²) >= 11 is 0. The standard InChI is InChI=1S/C25H34N4O3/c1-18(2)24(27-23(30)17-32-21-8-6-5-7-9-21)25(31)26-20-10-11-22(19(3)16-20)29-14-12-28(4)13-15-29/h5-11,16,18,24H,12-15,17H2,1-4H3,(H,26,31)(H,27,30). The van der Waals surface area contributed by atoms with Crippen LogP contribution in [0.25, 0.3) is 0 Å². The molecular formula is C25H34N4O3. The van der Waals surface area contributed by atoms with Gasteiger partial charge in [0.05, 0.1) is 0 Å². The molecule has 7 nitrogen and oxygen atoms in total. The number of carbonyl (C=O) groups excluding carboxylic acids is 2. The molecule has 1 atom stereocenters. The minimum Gasteiger partial charge on any atom is -0.484 e. The van der Waals surface area contributed by atoms with E-state index in [0.717, 1.165) is 37.4 Å². The topological polar surface area (TPSA) is 73.9 Å². The van der Waals surface area contributed by atoms with Gasteiger partial charge in [0.25, 0.3) is 5.91 Å². The lowest BCUT2D eigenvalue weighted by Crippen LogP contribution is -2.48. The first-order valence-corrected chi connectivity index (χ1v) is 11.2. The number of carbonyl (C=O) groups is 2. The Balaban J connectivity index is 1.58. The van der Waals surface area contributed by atoms with Crippen molar-refractivity contribution < 1.29 is 14.3 Å². The number of hydrogen-bond donors (Lipinski definition) is 2. The van der Waals surface area contributed by atoms with Crippen molar-refractivity contribution in [1.82, 2.24) is 10.2 Å². The Bertz CT molecular complexity index is 909.